The van der Waals surface area contributed by atoms with E-state index in [0.29, 0.717) is 6.42 Å². The summed E-state index contributed by atoms with van der Waals surface area (Å²) in [5.41, 5.74) is 5.28. The first-order chi connectivity index (χ1) is 7.88. The number of carbonyl (C=O) groups is 2. The molecule has 3 N–H and O–H groups in total. The van der Waals surface area contributed by atoms with E-state index in [1.807, 2.05) is 0 Å². The molecule has 0 spiro atoms. The highest BCUT2D eigenvalue weighted by Gasteiger charge is 2.54. The second kappa shape index (κ2) is 4.75. The molecule has 1 heterocycles. The average molecular weight is 242 g/mol. The van der Waals surface area contributed by atoms with E-state index >= 15 is 0 Å². The predicted molar refractivity (Wildman–Crippen MR) is 61.4 cm³/mol. The van der Waals surface area contributed by atoms with E-state index in [1.165, 1.54) is 7.11 Å². The molecule has 0 radical (unpaired) electrons. The Hall–Kier alpha value is -1.56. The molecule has 0 aromatic heterocycles. The van der Waals surface area contributed by atoms with Gasteiger partial charge in [0, 0.05) is 18.0 Å². The minimum Gasteiger partial charge on any atom is -0.467 e. The van der Waals surface area contributed by atoms with E-state index in [1.54, 1.807) is 13.0 Å². The lowest BCUT2D eigenvalue weighted by atomic mass is 9.76. The molecule has 1 aliphatic rings. The molecule has 1 saturated heterocycles. The molecule has 3 atom stereocenters. The van der Waals surface area contributed by atoms with E-state index in [2.05, 4.69) is 11.3 Å². The summed E-state index contributed by atoms with van der Waals surface area (Å²) in [5, 5.41) is 9.08. The maximum Gasteiger partial charge on any atom is 0.408 e. The number of allylic oxidation sites excluding steroid dienone is 1. The molecule has 6 heteroatoms. The molecule has 1 aliphatic heterocycles. The fourth-order valence-electron chi connectivity index (χ4n) is 2.36. The summed E-state index contributed by atoms with van der Waals surface area (Å²) >= 11 is 0. The summed E-state index contributed by atoms with van der Waals surface area (Å²) in [5.74, 6) is -0.579. The maximum absolute atomic E-state index is 11.7. The molecular formula is C11H18N2O4. The second-order valence-electron chi connectivity index (χ2n) is 4.47. The normalized spacial score (nSPS) is 32.3. The van der Waals surface area contributed by atoms with E-state index in [-0.39, 0.29) is 6.54 Å². The summed E-state index contributed by atoms with van der Waals surface area (Å²) in [6.45, 7) is 5.53. The van der Waals surface area contributed by atoms with Gasteiger partial charge in [-0.25, -0.2) is 9.59 Å². The molecule has 0 saturated carbocycles. The summed E-state index contributed by atoms with van der Waals surface area (Å²) < 4.78 is 4.67. The predicted octanol–water partition coefficient (Wildman–Crippen LogP) is 0.431. The van der Waals surface area contributed by atoms with Crippen LogP contribution in [0.3, 0.4) is 0 Å². The van der Waals surface area contributed by atoms with Crippen molar-refractivity contribution < 1.29 is 19.4 Å². The SMILES string of the molecule is C=CCC1(C)C(N)CN(C(=O)O)C1C(=O)OC. The summed E-state index contributed by atoms with van der Waals surface area (Å²) in [7, 11) is 1.24. The van der Waals surface area contributed by atoms with Crippen molar-refractivity contribution in [2.24, 2.45) is 11.1 Å². The van der Waals surface area contributed by atoms with Crippen LogP contribution in [0.1, 0.15) is 13.3 Å². The lowest BCUT2D eigenvalue weighted by Gasteiger charge is -2.33. The topological polar surface area (TPSA) is 92.9 Å². The van der Waals surface area contributed by atoms with Crippen molar-refractivity contribution in [2.45, 2.75) is 25.4 Å². The quantitative estimate of drug-likeness (QED) is 0.553. The molecule has 0 aliphatic carbocycles. The fourth-order valence-corrected chi connectivity index (χ4v) is 2.36. The third-order valence-corrected chi connectivity index (χ3v) is 3.43. The monoisotopic (exact) mass is 242 g/mol. The number of hydrogen-bond acceptors (Lipinski definition) is 4. The van der Waals surface area contributed by atoms with Crippen molar-refractivity contribution >= 4 is 12.1 Å². The number of nitrogens with two attached hydrogens (primary N) is 1. The van der Waals surface area contributed by atoms with Gasteiger partial charge in [0.1, 0.15) is 6.04 Å². The Morgan fingerprint density at radius 2 is 2.29 bits per heavy atom. The molecule has 1 rings (SSSR count). The van der Waals surface area contributed by atoms with Gasteiger partial charge < -0.3 is 15.6 Å². The van der Waals surface area contributed by atoms with Gasteiger partial charge in [-0.1, -0.05) is 13.0 Å². The van der Waals surface area contributed by atoms with Crippen LogP contribution in [0.2, 0.25) is 0 Å². The Morgan fingerprint density at radius 1 is 1.71 bits per heavy atom. The van der Waals surface area contributed by atoms with Crippen LogP contribution in [-0.4, -0.2) is 47.8 Å². The van der Waals surface area contributed by atoms with Crippen molar-refractivity contribution in [1.29, 1.82) is 0 Å². The maximum atomic E-state index is 11.7. The van der Waals surface area contributed by atoms with Gasteiger partial charge in [0.2, 0.25) is 0 Å². The van der Waals surface area contributed by atoms with Gasteiger partial charge in [0.15, 0.2) is 0 Å². The van der Waals surface area contributed by atoms with Gasteiger partial charge in [-0.3, -0.25) is 4.90 Å². The number of likely N-dealkylation sites (tertiary alicyclic amines) is 1. The van der Waals surface area contributed by atoms with E-state index in [4.69, 9.17) is 10.8 Å². The smallest absolute Gasteiger partial charge is 0.408 e. The highest BCUT2D eigenvalue weighted by atomic mass is 16.5. The number of nitrogens with zero attached hydrogens (tertiary/aromatic N) is 1. The largest absolute Gasteiger partial charge is 0.467 e. The first-order valence-electron chi connectivity index (χ1n) is 5.32. The van der Waals surface area contributed by atoms with Crippen LogP contribution in [-0.2, 0) is 9.53 Å². The Bertz CT molecular complexity index is 344. The minimum atomic E-state index is -1.16. The van der Waals surface area contributed by atoms with E-state index in [0.717, 1.165) is 4.90 Å². The molecule has 3 unspecified atom stereocenters. The van der Waals surface area contributed by atoms with Gasteiger partial charge in [0.05, 0.1) is 7.11 Å². The number of esters is 1. The second-order valence-corrected chi connectivity index (χ2v) is 4.47. The first kappa shape index (κ1) is 13.5. The highest BCUT2D eigenvalue weighted by molar-refractivity contribution is 5.83. The summed E-state index contributed by atoms with van der Waals surface area (Å²) in [6.07, 6.45) is 0.933. The Morgan fingerprint density at radius 3 is 2.71 bits per heavy atom. The van der Waals surface area contributed by atoms with Gasteiger partial charge in [0.25, 0.3) is 0 Å². The molecule has 96 valence electrons. The Balaban J connectivity index is 3.13. The number of methoxy groups -OCH3 is 1. The van der Waals surface area contributed by atoms with Crippen LogP contribution in [0.4, 0.5) is 4.79 Å². The highest BCUT2D eigenvalue weighted by Crippen LogP contribution is 2.39. The minimum absolute atomic E-state index is 0.124. The molecule has 0 aromatic carbocycles. The molecule has 1 fully saturated rings. The number of carbonyl (C=O) groups excluding carboxylic acids is 1. The Kier molecular flexibility index (Phi) is 3.77. The summed E-state index contributed by atoms with van der Waals surface area (Å²) in [4.78, 5) is 23.9. The average Bonchev–Trinajstić information content (AvgIpc) is 2.52. The standard InChI is InChI=1S/C11H18N2O4/c1-4-5-11(2)7(12)6-13(10(15)16)8(11)9(14)17-3/h4,7-8H,1,5-6,12H2,2-3H3,(H,15,16). The van der Waals surface area contributed by atoms with Gasteiger partial charge >= 0.3 is 12.1 Å². The van der Waals surface area contributed by atoms with Gasteiger partial charge in [-0.2, -0.15) is 0 Å². The number of hydrogen-bond donors (Lipinski definition) is 2. The first-order valence-corrected chi connectivity index (χ1v) is 5.32. The molecule has 0 aromatic rings. The third-order valence-electron chi connectivity index (χ3n) is 3.43. The number of amides is 1. The zero-order chi connectivity index (χ0) is 13.2. The van der Waals surface area contributed by atoms with Crippen LogP contribution >= 0.6 is 0 Å². The number of carboxylic acid groups (broad SMARTS) is 1. The summed E-state index contributed by atoms with van der Waals surface area (Å²) in [6, 6.07) is -1.29. The van der Waals surface area contributed by atoms with Crippen LogP contribution in [0, 0.1) is 5.41 Å². The molecule has 17 heavy (non-hydrogen) atoms. The molecule has 0 bridgehead atoms. The van der Waals surface area contributed by atoms with Crippen molar-refractivity contribution in [2.75, 3.05) is 13.7 Å². The lowest BCUT2D eigenvalue weighted by Crippen LogP contribution is -2.49. The molecule has 6 nitrogen and oxygen atoms in total. The van der Waals surface area contributed by atoms with Crippen molar-refractivity contribution in [3.05, 3.63) is 12.7 Å². The number of rotatable bonds is 3. The van der Waals surface area contributed by atoms with Crippen molar-refractivity contribution in [3.63, 3.8) is 0 Å². The van der Waals surface area contributed by atoms with Gasteiger partial charge in [-0.15, -0.1) is 6.58 Å². The molecule has 1 amide bonds. The van der Waals surface area contributed by atoms with Crippen molar-refractivity contribution in [1.82, 2.24) is 4.90 Å². The third kappa shape index (κ3) is 2.12. The zero-order valence-corrected chi connectivity index (χ0v) is 10.0. The number of ether oxygens (including phenoxy) is 1. The van der Waals surface area contributed by atoms with Crippen LogP contribution < -0.4 is 5.73 Å². The fraction of sp³-hybridized carbons (Fsp3) is 0.636. The zero-order valence-electron chi connectivity index (χ0n) is 10.0. The van der Waals surface area contributed by atoms with Crippen molar-refractivity contribution in [3.8, 4) is 0 Å². The Labute approximate surface area is 100 Å². The van der Waals surface area contributed by atoms with Crippen LogP contribution in [0.25, 0.3) is 0 Å². The van der Waals surface area contributed by atoms with Crippen LogP contribution in [0.15, 0.2) is 12.7 Å². The lowest BCUT2D eigenvalue weighted by molar-refractivity contribution is -0.148. The van der Waals surface area contributed by atoms with E-state index < -0.39 is 29.6 Å². The van der Waals surface area contributed by atoms with Crippen LogP contribution in [0.5, 0.6) is 0 Å². The van der Waals surface area contributed by atoms with Gasteiger partial charge in [-0.05, 0) is 6.42 Å². The van der Waals surface area contributed by atoms with E-state index in [9.17, 15) is 9.59 Å². The molecular weight excluding hydrogens is 224 g/mol.